The van der Waals surface area contributed by atoms with Gasteiger partial charge in [-0.3, -0.25) is 9.59 Å². The van der Waals surface area contributed by atoms with Gasteiger partial charge in [0.15, 0.2) is 0 Å². The maximum absolute atomic E-state index is 13.1. The van der Waals surface area contributed by atoms with Crippen molar-refractivity contribution in [1.82, 2.24) is 5.32 Å². The summed E-state index contributed by atoms with van der Waals surface area (Å²) in [5, 5.41) is 23.7. The smallest absolute Gasteiger partial charge is 0.306 e. The highest BCUT2D eigenvalue weighted by Gasteiger charge is 2.24. The Labute approximate surface area is 352 Å². The number of esters is 1. The number of aliphatic hydroxyl groups is 2. The minimum Gasteiger partial charge on any atom is -0.462 e. The van der Waals surface area contributed by atoms with Crippen molar-refractivity contribution in [3.63, 3.8) is 0 Å². The van der Waals surface area contributed by atoms with Gasteiger partial charge in [0.1, 0.15) is 6.10 Å². The highest BCUT2D eigenvalue weighted by molar-refractivity contribution is 5.77. The normalized spacial score (nSPS) is 13.8. The molecule has 0 radical (unpaired) electrons. The average molecular weight is 798 g/mol. The molecule has 0 saturated heterocycles. The molecule has 0 rings (SSSR count). The first-order chi connectivity index (χ1) is 28.0. The standard InChI is InChI=1S/C51H91NO5/c1-4-7-10-13-16-19-21-23-24-25-27-28-31-34-37-40-43-49(54)48(46-53)52-50(55)45-47(42-39-36-33-30-18-15-12-9-6-3)57-51(56)44-41-38-35-32-29-26-22-20-17-14-11-8-5-2/h8,11,14-15,17-18,20,22,26,29,47-49,53-54H,4-7,9-10,12-13,16,19,21,23-25,27-28,30-46H2,1-3H3,(H,52,55)/b11-8+,17-14+,18-15-,22-20-,29-26-. The summed E-state index contributed by atoms with van der Waals surface area (Å²) in [6.07, 6.45) is 54.3. The molecule has 0 aromatic carbocycles. The lowest BCUT2D eigenvalue weighted by molar-refractivity contribution is -0.151. The SMILES string of the molecule is CC/C=C/C=C/C=C\C=C/CCCCCC(=O)OC(CCCCC/C=C\CCCC)CC(=O)NC(CO)C(O)CCCCCCCCCCCCCCCCCC. The van der Waals surface area contributed by atoms with Gasteiger partial charge in [0.2, 0.25) is 5.91 Å². The van der Waals surface area contributed by atoms with Crippen LogP contribution < -0.4 is 5.32 Å². The Bertz CT molecular complexity index is 1030. The van der Waals surface area contributed by atoms with E-state index in [1.807, 2.05) is 30.4 Å². The highest BCUT2D eigenvalue weighted by Crippen LogP contribution is 2.17. The van der Waals surface area contributed by atoms with Crippen molar-refractivity contribution in [2.75, 3.05) is 6.61 Å². The van der Waals surface area contributed by atoms with Crippen molar-refractivity contribution < 1.29 is 24.5 Å². The molecule has 0 aliphatic heterocycles. The van der Waals surface area contributed by atoms with Crippen LogP contribution in [0.4, 0.5) is 0 Å². The van der Waals surface area contributed by atoms with Gasteiger partial charge in [0, 0.05) is 6.42 Å². The zero-order valence-corrected chi connectivity index (χ0v) is 37.5. The second-order valence-corrected chi connectivity index (χ2v) is 16.2. The van der Waals surface area contributed by atoms with Crippen molar-refractivity contribution in [3.8, 4) is 0 Å². The monoisotopic (exact) mass is 798 g/mol. The Morgan fingerprint density at radius 1 is 0.526 bits per heavy atom. The van der Waals surface area contributed by atoms with E-state index < -0.39 is 18.2 Å². The van der Waals surface area contributed by atoms with Crippen LogP contribution in [0.5, 0.6) is 0 Å². The summed E-state index contributed by atoms with van der Waals surface area (Å²) in [4.78, 5) is 26.0. The fourth-order valence-corrected chi connectivity index (χ4v) is 7.01. The first kappa shape index (κ1) is 54.6. The highest BCUT2D eigenvalue weighted by atomic mass is 16.5. The number of unbranched alkanes of at least 4 members (excludes halogenated alkanes) is 23. The van der Waals surface area contributed by atoms with Gasteiger partial charge in [0.25, 0.3) is 0 Å². The molecule has 3 atom stereocenters. The largest absolute Gasteiger partial charge is 0.462 e. The van der Waals surface area contributed by atoms with Gasteiger partial charge >= 0.3 is 5.97 Å². The summed E-state index contributed by atoms with van der Waals surface area (Å²) in [7, 11) is 0. The Morgan fingerprint density at radius 2 is 0.982 bits per heavy atom. The second-order valence-electron chi connectivity index (χ2n) is 16.2. The van der Waals surface area contributed by atoms with E-state index in [0.29, 0.717) is 19.3 Å². The van der Waals surface area contributed by atoms with E-state index in [-0.39, 0.29) is 24.9 Å². The molecule has 1 amide bonds. The summed E-state index contributed by atoms with van der Waals surface area (Å²) in [6.45, 7) is 6.28. The molecule has 0 aromatic heterocycles. The fourth-order valence-electron chi connectivity index (χ4n) is 7.01. The number of nitrogens with one attached hydrogen (secondary N) is 1. The van der Waals surface area contributed by atoms with Crippen molar-refractivity contribution in [2.24, 2.45) is 0 Å². The van der Waals surface area contributed by atoms with Gasteiger partial charge < -0.3 is 20.3 Å². The van der Waals surface area contributed by atoms with Crippen LogP contribution in [0.1, 0.15) is 226 Å². The summed E-state index contributed by atoms with van der Waals surface area (Å²) in [5.74, 6) is -0.540. The Kier molecular flexibility index (Phi) is 42.7. The van der Waals surface area contributed by atoms with Crippen LogP contribution in [0, 0.1) is 0 Å². The fraction of sp³-hybridized carbons (Fsp3) is 0.765. The van der Waals surface area contributed by atoms with Crippen LogP contribution in [-0.2, 0) is 14.3 Å². The van der Waals surface area contributed by atoms with E-state index in [2.05, 4.69) is 56.5 Å². The zero-order chi connectivity index (χ0) is 41.7. The molecular weight excluding hydrogens is 707 g/mol. The lowest BCUT2D eigenvalue weighted by Crippen LogP contribution is -2.46. The molecule has 0 aliphatic rings. The maximum atomic E-state index is 13.1. The van der Waals surface area contributed by atoms with Crippen molar-refractivity contribution >= 4 is 11.9 Å². The van der Waals surface area contributed by atoms with E-state index in [1.165, 1.54) is 96.3 Å². The van der Waals surface area contributed by atoms with Crippen LogP contribution in [0.25, 0.3) is 0 Å². The average Bonchev–Trinajstić information content (AvgIpc) is 3.20. The number of carbonyl (C=O) groups is 2. The lowest BCUT2D eigenvalue weighted by Gasteiger charge is -2.24. The topological polar surface area (TPSA) is 95.9 Å². The molecule has 6 nitrogen and oxygen atoms in total. The number of aliphatic hydroxyl groups excluding tert-OH is 2. The van der Waals surface area contributed by atoms with E-state index in [9.17, 15) is 19.8 Å². The van der Waals surface area contributed by atoms with Crippen molar-refractivity contribution in [1.29, 1.82) is 0 Å². The molecule has 0 fully saturated rings. The van der Waals surface area contributed by atoms with Crippen LogP contribution in [0.2, 0.25) is 0 Å². The maximum Gasteiger partial charge on any atom is 0.306 e. The van der Waals surface area contributed by atoms with Crippen LogP contribution in [0.15, 0.2) is 60.8 Å². The van der Waals surface area contributed by atoms with E-state index >= 15 is 0 Å². The number of rotatable bonds is 42. The number of hydrogen-bond donors (Lipinski definition) is 3. The lowest BCUT2D eigenvalue weighted by atomic mass is 10.0. The van der Waals surface area contributed by atoms with Gasteiger partial charge in [-0.1, -0.05) is 210 Å². The third-order valence-electron chi connectivity index (χ3n) is 10.7. The predicted molar refractivity (Wildman–Crippen MR) is 245 cm³/mol. The van der Waals surface area contributed by atoms with Gasteiger partial charge in [-0.2, -0.15) is 0 Å². The number of carbonyl (C=O) groups excluding carboxylic acids is 2. The molecule has 330 valence electrons. The number of hydrogen-bond acceptors (Lipinski definition) is 5. The van der Waals surface area contributed by atoms with Crippen LogP contribution in [0.3, 0.4) is 0 Å². The first-order valence-electron chi connectivity index (χ1n) is 24.1. The van der Waals surface area contributed by atoms with Crippen LogP contribution in [-0.4, -0.2) is 46.9 Å². The van der Waals surface area contributed by atoms with Gasteiger partial charge in [-0.05, 0) is 64.2 Å². The van der Waals surface area contributed by atoms with Gasteiger partial charge in [-0.15, -0.1) is 0 Å². The molecule has 57 heavy (non-hydrogen) atoms. The summed E-state index contributed by atoms with van der Waals surface area (Å²) < 4.78 is 5.87. The molecule has 3 N–H and O–H groups in total. The number of ether oxygens (including phenoxy) is 1. The molecule has 3 unspecified atom stereocenters. The van der Waals surface area contributed by atoms with Gasteiger partial charge in [0.05, 0.1) is 25.2 Å². The molecule has 0 aromatic rings. The second kappa shape index (κ2) is 44.7. The van der Waals surface area contributed by atoms with E-state index in [0.717, 1.165) is 83.5 Å². The third-order valence-corrected chi connectivity index (χ3v) is 10.7. The summed E-state index contributed by atoms with van der Waals surface area (Å²) in [5.41, 5.74) is 0. The quantitative estimate of drug-likeness (QED) is 0.0247. The van der Waals surface area contributed by atoms with E-state index in [4.69, 9.17) is 4.74 Å². The molecule has 6 heteroatoms. The van der Waals surface area contributed by atoms with Crippen molar-refractivity contribution in [3.05, 3.63) is 60.8 Å². The molecule has 0 bridgehead atoms. The van der Waals surface area contributed by atoms with Crippen molar-refractivity contribution in [2.45, 2.75) is 244 Å². The predicted octanol–water partition coefficient (Wildman–Crippen LogP) is 14.1. The molecule has 0 saturated carbocycles. The summed E-state index contributed by atoms with van der Waals surface area (Å²) >= 11 is 0. The van der Waals surface area contributed by atoms with E-state index in [1.54, 1.807) is 0 Å². The Morgan fingerprint density at radius 3 is 1.54 bits per heavy atom. The number of amides is 1. The van der Waals surface area contributed by atoms with Gasteiger partial charge in [-0.25, -0.2) is 0 Å². The zero-order valence-electron chi connectivity index (χ0n) is 37.5. The Balaban J connectivity index is 4.52. The third kappa shape index (κ3) is 40.1. The minimum atomic E-state index is -0.798. The number of allylic oxidation sites excluding steroid dienone is 10. The molecule has 0 aliphatic carbocycles. The molecular formula is C51H91NO5. The van der Waals surface area contributed by atoms with Crippen LogP contribution >= 0.6 is 0 Å². The minimum absolute atomic E-state index is 0.0489. The Hall–Kier alpha value is -2.44. The first-order valence-corrected chi connectivity index (χ1v) is 24.1. The summed E-state index contributed by atoms with van der Waals surface area (Å²) in [6, 6.07) is -0.714. The molecule has 0 heterocycles. The molecule has 0 spiro atoms.